The van der Waals surface area contributed by atoms with Crippen molar-refractivity contribution in [2.75, 3.05) is 52.9 Å². The molecular formula is C20H23ClF2IN3O6S. The van der Waals surface area contributed by atoms with Gasteiger partial charge < -0.3 is 14.8 Å². The SMILES string of the molecule is COCCN(CCOC)S(=O)(=O)c1cc(C(=O)NOC)c(Nc2ccc(I)cc2Cl)c(F)c1F. The number of halogens is 4. The summed E-state index contributed by atoms with van der Waals surface area (Å²) in [7, 11) is -0.724. The maximum absolute atomic E-state index is 15.3. The summed E-state index contributed by atoms with van der Waals surface area (Å²) in [5, 5.41) is 2.75. The summed E-state index contributed by atoms with van der Waals surface area (Å²) in [5.74, 6) is -4.27. The summed E-state index contributed by atoms with van der Waals surface area (Å²) in [6, 6.07) is 5.45. The molecule has 0 aliphatic rings. The standard InChI is InChI=1S/C20H23ClF2IN3O6S/c1-31-8-6-27(7-9-32-2)34(29,30)16-11-13(20(28)26-33-3)19(18(23)17(16)22)25-15-5-4-12(24)10-14(15)21/h4-5,10-11,25H,6-9H2,1-3H3,(H,26,28). The molecule has 0 saturated heterocycles. The normalized spacial score (nSPS) is 11.6. The number of methoxy groups -OCH3 is 2. The van der Waals surface area contributed by atoms with Crippen LogP contribution < -0.4 is 10.8 Å². The zero-order chi connectivity index (χ0) is 25.5. The highest BCUT2D eigenvalue weighted by molar-refractivity contribution is 14.1. The topological polar surface area (TPSA) is 106 Å². The van der Waals surface area contributed by atoms with Crippen LogP contribution in [0.4, 0.5) is 20.2 Å². The Morgan fingerprint density at radius 1 is 1.09 bits per heavy atom. The van der Waals surface area contributed by atoms with Crippen molar-refractivity contribution in [3.8, 4) is 0 Å². The van der Waals surface area contributed by atoms with E-state index in [1.165, 1.54) is 20.3 Å². The van der Waals surface area contributed by atoms with Gasteiger partial charge >= 0.3 is 0 Å². The minimum Gasteiger partial charge on any atom is -0.383 e. The van der Waals surface area contributed by atoms with Crippen molar-refractivity contribution >= 4 is 61.5 Å². The van der Waals surface area contributed by atoms with Gasteiger partial charge in [-0.25, -0.2) is 22.7 Å². The van der Waals surface area contributed by atoms with Crippen LogP contribution in [0.25, 0.3) is 0 Å². The maximum Gasteiger partial charge on any atom is 0.277 e. The molecule has 0 saturated carbocycles. The Kier molecular flexibility index (Phi) is 10.9. The number of amides is 1. The quantitative estimate of drug-likeness (QED) is 0.272. The molecule has 14 heteroatoms. The summed E-state index contributed by atoms with van der Waals surface area (Å²) in [5.41, 5.74) is 1.02. The van der Waals surface area contributed by atoms with Gasteiger partial charge in [0.1, 0.15) is 4.90 Å². The van der Waals surface area contributed by atoms with Gasteiger partial charge in [0, 0.05) is 30.9 Å². The van der Waals surface area contributed by atoms with E-state index in [0.29, 0.717) is 0 Å². The first-order valence-corrected chi connectivity index (χ1v) is 12.5. The Balaban J connectivity index is 2.67. The van der Waals surface area contributed by atoms with E-state index >= 15 is 8.78 Å². The molecule has 0 spiro atoms. The van der Waals surface area contributed by atoms with E-state index in [-0.39, 0.29) is 37.0 Å². The fraction of sp³-hybridized carbons (Fsp3) is 0.350. The number of ether oxygens (including phenoxy) is 2. The predicted molar refractivity (Wildman–Crippen MR) is 131 cm³/mol. The summed E-state index contributed by atoms with van der Waals surface area (Å²) in [6.45, 7) is -0.313. The van der Waals surface area contributed by atoms with Crippen LogP contribution in [0.1, 0.15) is 10.4 Å². The van der Waals surface area contributed by atoms with E-state index < -0.39 is 43.7 Å². The van der Waals surface area contributed by atoms with Crippen LogP contribution in [0.5, 0.6) is 0 Å². The number of sulfonamides is 1. The Hall–Kier alpha value is -1.62. The molecule has 34 heavy (non-hydrogen) atoms. The van der Waals surface area contributed by atoms with Gasteiger partial charge in [0.15, 0.2) is 11.6 Å². The van der Waals surface area contributed by atoms with E-state index in [4.69, 9.17) is 21.1 Å². The maximum atomic E-state index is 15.3. The molecule has 2 aromatic rings. The largest absolute Gasteiger partial charge is 0.383 e. The lowest BCUT2D eigenvalue weighted by Gasteiger charge is -2.23. The number of hydrogen-bond acceptors (Lipinski definition) is 7. The predicted octanol–water partition coefficient (Wildman–Crippen LogP) is 3.54. The Morgan fingerprint density at radius 3 is 2.24 bits per heavy atom. The van der Waals surface area contributed by atoms with Crippen molar-refractivity contribution in [2.45, 2.75) is 4.90 Å². The fourth-order valence-corrected chi connectivity index (χ4v) is 5.24. The van der Waals surface area contributed by atoms with Crippen molar-refractivity contribution < 1.29 is 36.3 Å². The molecule has 0 atom stereocenters. The van der Waals surface area contributed by atoms with E-state index in [1.54, 1.807) is 12.1 Å². The number of benzene rings is 2. The number of anilines is 2. The Labute approximate surface area is 214 Å². The summed E-state index contributed by atoms with van der Waals surface area (Å²) in [4.78, 5) is 16.2. The first kappa shape index (κ1) is 28.6. The average Bonchev–Trinajstić information content (AvgIpc) is 2.78. The third-order valence-corrected chi connectivity index (χ3v) is 7.39. The second-order valence-corrected chi connectivity index (χ2v) is 10.3. The molecule has 0 heterocycles. The number of rotatable bonds is 12. The van der Waals surface area contributed by atoms with Crippen LogP contribution >= 0.6 is 34.2 Å². The molecule has 188 valence electrons. The average molecular weight is 634 g/mol. The molecular weight excluding hydrogens is 611 g/mol. The highest BCUT2D eigenvalue weighted by Crippen LogP contribution is 2.34. The number of carbonyl (C=O) groups excluding carboxylic acids is 1. The second-order valence-electron chi connectivity index (χ2n) is 6.70. The number of hydrogen-bond donors (Lipinski definition) is 2. The smallest absolute Gasteiger partial charge is 0.277 e. The van der Waals surface area contributed by atoms with Crippen LogP contribution in [0.2, 0.25) is 5.02 Å². The van der Waals surface area contributed by atoms with Crippen LogP contribution in [0.3, 0.4) is 0 Å². The third kappa shape index (κ3) is 6.74. The molecule has 0 aromatic heterocycles. The van der Waals surface area contributed by atoms with Gasteiger partial charge in [-0.05, 0) is 46.9 Å². The Morgan fingerprint density at radius 2 is 1.71 bits per heavy atom. The summed E-state index contributed by atoms with van der Waals surface area (Å²) >= 11 is 8.19. The molecule has 0 radical (unpaired) electrons. The highest BCUT2D eigenvalue weighted by Gasteiger charge is 2.33. The van der Waals surface area contributed by atoms with Crippen molar-refractivity contribution in [2.24, 2.45) is 0 Å². The third-order valence-electron chi connectivity index (χ3n) is 4.51. The Bertz CT molecular complexity index is 1130. The molecule has 2 N–H and O–H groups in total. The molecule has 0 bridgehead atoms. The molecule has 1 amide bonds. The van der Waals surface area contributed by atoms with Gasteiger partial charge in [-0.1, -0.05) is 11.6 Å². The van der Waals surface area contributed by atoms with Gasteiger partial charge in [0.05, 0.1) is 42.3 Å². The fourth-order valence-electron chi connectivity index (χ4n) is 2.84. The lowest BCUT2D eigenvalue weighted by atomic mass is 10.1. The lowest BCUT2D eigenvalue weighted by Crippen LogP contribution is -2.37. The number of nitrogens with one attached hydrogen (secondary N) is 2. The number of nitrogens with zero attached hydrogens (tertiary/aromatic N) is 1. The highest BCUT2D eigenvalue weighted by atomic mass is 127. The van der Waals surface area contributed by atoms with Crippen LogP contribution in [0, 0.1) is 15.2 Å². The molecule has 2 aromatic carbocycles. The molecule has 0 aliphatic heterocycles. The van der Waals surface area contributed by atoms with Crippen molar-refractivity contribution in [1.82, 2.24) is 9.79 Å². The molecule has 0 aliphatic carbocycles. The van der Waals surface area contributed by atoms with Crippen molar-refractivity contribution in [3.63, 3.8) is 0 Å². The van der Waals surface area contributed by atoms with Crippen LogP contribution in [0.15, 0.2) is 29.2 Å². The van der Waals surface area contributed by atoms with Crippen molar-refractivity contribution in [1.29, 1.82) is 0 Å². The van der Waals surface area contributed by atoms with Crippen LogP contribution in [-0.4, -0.2) is 66.3 Å². The van der Waals surface area contributed by atoms with Gasteiger partial charge in [-0.15, -0.1) is 0 Å². The molecule has 2 rings (SSSR count). The van der Waals surface area contributed by atoms with Gasteiger partial charge in [-0.3, -0.25) is 9.63 Å². The molecule has 0 unspecified atom stereocenters. The summed E-state index contributed by atoms with van der Waals surface area (Å²) < 4.78 is 68.4. The van der Waals surface area contributed by atoms with E-state index in [2.05, 4.69) is 10.2 Å². The molecule has 9 nitrogen and oxygen atoms in total. The van der Waals surface area contributed by atoms with Gasteiger partial charge in [0.2, 0.25) is 10.0 Å². The minimum atomic E-state index is -4.59. The second kappa shape index (κ2) is 12.9. The van der Waals surface area contributed by atoms with E-state index in [1.807, 2.05) is 28.1 Å². The molecule has 0 fully saturated rings. The van der Waals surface area contributed by atoms with Gasteiger partial charge in [-0.2, -0.15) is 4.31 Å². The van der Waals surface area contributed by atoms with Crippen LogP contribution in [-0.2, 0) is 24.3 Å². The summed E-state index contributed by atoms with van der Waals surface area (Å²) in [6.07, 6.45) is 0. The minimum absolute atomic E-state index is 0.00495. The van der Waals surface area contributed by atoms with Crippen molar-refractivity contribution in [3.05, 3.63) is 50.1 Å². The first-order chi connectivity index (χ1) is 16.1. The first-order valence-electron chi connectivity index (χ1n) is 9.63. The van der Waals surface area contributed by atoms with Gasteiger partial charge in [0.25, 0.3) is 5.91 Å². The van der Waals surface area contributed by atoms with E-state index in [0.717, 1.165) is 21.1 Å². The lowest BCUT2D eigenvalue weighted by molar-refractivity contribution is 0.0538. The number of hydroxylamine groups is 1. The number of carbonyl (C=O) groups is 1. The zero-order valence-electron chi connectivity index (χ0n) is 18.5. The van der Waals surface area contributed by atoms with E-state index in [9.17, 15) is 13.2 Å². The zero-order valence-corrected chi connectivity index (χ0v) is 22.2. The monoisotopic (exact) mass is 633 g/mol.